The van der Waals surface area contributed by atoms with Gasteiger partial charge in [0.15, 0.2) is 0 Å². The maximum Gasteiger partial charge on any atom is 0.354 e. The van der Waals surface area contributed by atoms with Crippen LogP contribution in [0.1, 0.15) is 41.0 Å². The highest BCUT2D eigenvalue weighted by atomic mass is 16.4. The van der Waals surface area contributed by atoms with Gasteiger partial charge >= 0.3 is 5.97 Å². The first-order valence-corrected chi connectivity index (χ1v) is 5.67. The molecule has 0 bridgehead atoms. The molecule has 0 unspecified atom stereocenters. The second-order valence-corrected chi connectivity index (χ2v) is 4.55. The number of nitriles is 1. The summed E-state index contributed by atoms with van der Waals surface area (Å²) in [5, 5.41) is 17.6. The van der Waals surface area contributed by atoms with E-state index in [1.54, 1.807) is 13.0 Å². The molecule has 18 heavy (non-hydrogen) atoms. The van der Waals surface area contributed by atoms with Crippen molar-refractivity contribution in [2.75, 3.05) is 0 Å². The number of rotatable bonds is 2. The van der Waals surface area contributed by atoms with Gasteiger partial charge in [0.25, 0.3) is 0 Å². The van der Waals surface area contributed by atoms with Gasteiger partial charge in [0.1, 0.15) is 5.69 Å². The van der Waals surface area contributed by atoms with Crippen molar-refractivity contribution < 1.29 is 9.90 Å². The summed E-state index contributed by atoms with van der Waals surface area (Å²) in [6, 6.07) is 5.35. The summed E-state index contributed by atoms with van der Waals surface area (Å²) in [7, 11) is 0. The molecule has 1 fully saturated rings. The third kappa shape index (κ3) is 2.67. The lowest BCUT2D eigenvalue weighted by atomic mass is 10.0. The number of hydrogen-bond acceptors (Lipinski definition) is 3. The number of carbonyl (C=O) groups is 1. The van der Waals surface area contributed by atoms with Crippen molar-refractivity contribution in [3.8, 4) is 17.9 Å². The molecule has 0 aromatic carbocycles. The average molecular weight is 240 g/mol. The highest BCUT2D eigenvalue weighted by Gasteiger charge is 2.40. The van der Waals surface area contributed by atoms with E-state index in [0.29, 0.717) is 17.7 Å². The molecule has 1 N–H and O–H groups in total. The number of aromatic nitrogens is 1. The predicted molar refractivity (Wildman–Crippen MR) is 64.7 cm³/mol. The van der Waals surface area contributed by atoms with E-state index in [1.807, 2.05) is 0 Å². The van der Waals surface area contributed by atoms with Crippen LogP contribution in [0.25, 0.3) is 0 Å². The summed E-state index contributed by atoms with van der Waals surface area (Å²) in [4.78, 5) is 14.8. The first-order chi connectivity index (χ1) is 8.54. The van der Waals surface area contributed by atoms with Crippen LogP contribution in [0.2, 0.25) is 0 Å². The summed E-state index contributed by atoms with van der Waals surface area (Å²) in [6.07, 6.45) is 2.34. The molecular formula is C14H12N2O2. The van der Waals surface area contributed by atoms with Gasteiger partial charge in [-0.25, -0.2) is 9.78 Å². The van der Waals surface area contributed by atoms with Gasteiger partial charge in [0, 0.05) is 16.7 Å². The summed E-state index contributed by atoms with van der Waals surface area (Å²) in [6.45, 7) is 1.74. The molecule has 0 saturated heterocycles. The number of pyridine rings is 1. The number of hydrogen-bond donors (Lipinski definition) is 1. The molecule has 1 aromatic rings. The zero-order chi connectivity index (χ0) is 13.2. The van der Waals surface area contributed by atoms with Crippen molar-refractivity contribution in [1.82, 2.24) is 4.98 Å². The second-order valence-electron chi connectivity index (χ2n) is 4.55. The fourth-order valence-corrected chi connectivity index (χ4v) is 1.70. The molecule has 0 amide bonds. The van der Waals surface area contributed by atoms with Crippen LogP contribution in [0.4, 0.5) is 0 Å². The molecule has 2 rings (SSSR count). The van der Waals surface area contributed by atoms with Gasteiger partial charge in [-0.2, -0.15) is 5.26 Å². The Kier molecular flexibility index (Phi) is 3.04. The van der Waals surface area contributed by atoms with Crippen molar-refractivity contribution in [2.45, 2.75) is 26.2 Å². The second kappa shape index (κ2) is 4.50. The van der Waals surface area contributed by atoms with Crippen LogP contribution in [-0.2, 0) is 0 Å². The maximum atomic E-state index is 10.9. The first-order valence-electron chi connectivity index (χ1n) is 5.67. The molecule has 1 aromatic heterocycles. The topological polar surface area (TPSA) is 74.0 Å². The zero-order valence-electron chi connectivity index (χ0n) is 10.0. The van der Waals surface area contributed by atoms with Crippen LogP contribution in [0.5, 0.6) is 0 Å². The lowest BCUT2D eigenvalue weighted by Crippen LogP contribution is -2.02. The lowest BCUT2D eigenvalue weighted by Gasteiger charge is -2.00. The minimum atomic E-state index is -1.06. The van der Waals surface area contributed by atoms with Gasteiger partial charge in [-0.15, -0.1) is 0 Å². The average Bonchev–Trinajstić information content (AvgIpc) is 3.07. The molecule has 4 heteroatoms. The van der Waals surface area contributed by atoms with Gasteiger partial charge in [-0.3, -0.25) is 0 Å². The Morgan fingerprint density at radius 2 is 2.28 bits per heavy atom. The van der Waals surface area contributed by atoms with Crippen molar-refractivity contribution >= 4 is 5.97 Å². The smallest absolute Gasteiger partial charge is 0.354 e. The summed E-state index contributed by atoms with van der Waals surface area (Å²) in [5.74, 6) is 5.00. The summed E-state index contributed by atoms with van der Waals surface area (Å²) >= 11 is 0. The summed E-state index contributed by atoms with van der Waals surface area (Å²) in [5.41, 5.74) is 1.12. The van der Waals surface area contributed by atoms with Crippen LogP contribution in [-0.4, -0.2) is 16.1 Å². The number of aromatic carboxylic acids is 1. The van der Waals surface area contributed by atoms with Crippen LogP contribution in [0.15, 0.2) is 12.1 Å². The fraction of sp³-hybridized carbons (Fsp3) is 0.357. The molecule has 1 saturated carbocycles. The molecule has 1 aliphatic carbocycles. The van der Waals surface area contributed by atoms with Crippen LogP contribution in [0, 0.1) is 35.5 Å². The highest BCUT2D eigenvalue weighted by Crippen LogP contribution is 2.47. The number of carboxylic acid groups (broad SMARTS) is 1. The molecule has 0 aliphatic heterocycles. The molecule has 4 nitrogen and oxygen atoms in total. The van der Waals surface area contributed by atoms with E-state index in [4.69, 9.17) is 10.4 Å². The predicted octanol–water partition coefficient (Wildman–Crippen LogP) is 2.13. The van der Waals surface area contributed by atoms with E-state index in [2.05, 4.69) is 22.9 Å². The lowest BCUT2D eigenvalue weighted by molar-refractivity contribution is 0.0690. The Bertz CT molecular complexity index is 598. The fourth-order valence-electron chi connectivity index (χ4n) is 1.70. The van der Waals surface area contributed by atoms with E-state index in [-0.39, 0.29) is 11.1 Å². The van der Waals surface area contributed by atoms with Crippen LogP contribution < -0.4 is 0 Å². The quantitative estimate of drug-likeness (QED) is 0.803. The van der Waals surface area contributed by atoms with E-state index < -0.39 is 5.97 Å². The Morgan fingerprint density at radius 3 is 2.83 bits per heavy atom. The Balaban J connectivity index is 2.28. The van der Waals surface area contributed by atoms with Crippen LogP contribution in [0.3, 0.4) is 0 Å². The molecule has 0 radical (unpaired) electrons. The van der Waals surface area contributed by atoms with Crippen molar-refractivity contribution in [3.05, 3.63) is 29.1 Å². The van der Waals surface area contributed by atoms with E-state index in [9.17, 15) is 4.79 Å². The molecule has 0 atom stereocenters. The normalized spacial score (nSPS) is 15.1. The third-order valence-corrected chi connectivity index (χ3v) is 2.92. The van der Waals surface area contributed by atoms with Crippen molar-refractivity contribution in [3.63, 3.8) is 0 Å². The number of aryl methyl sites for hydroxylation is 1. The molecule has 1 aliphatic rings. The number of nitrogens with zero attached hydrogens (tertiary/aromatic N) is 2. The summed E-state index contributed by atoms with van der Waals surface area (Å²) < 4.78 is 0. The monoisotopic (exact) mass is 240 g/mol. The standard InChI is InChI=1S/C14H12N2O2/c1-10-8-11(9-12(16-10)13(17)18)2-3-14(4-5-14)6-7-15/h8-9H,4-6H2,1H3,(H,17,18). The van der Waals surface area contributed by atoms with E-state index in [0.717, 1.165) is 12.8 Å². The largest absolute Gasteiger partial charge is 0.477 e. The first kappa shape index (κ1) is 12.1. The van der Waals surface area contributed by atoms with Gasteiger partial charge in [0.05, 0.1) is 12.5 Å². The molecule has 1 heterocycles. The maximum absolute atomic E-state index is 10.9. The van der Waals surface area contributed by atoms with Crippen molar-refractivity contribution in [2.24, 2.45) is 5.41 Å². The highest BCUT2D eigenvalue weighted by molar-refractivity contribution is 5.85. The third-order valence-electron chi connectivity index (χ3n) is 2.92. The zero-order valence-corrected chi connectivity index (χ0v) is 10.0. The van der Waals surface area contributed by atoms with Crippen molar-refractivity contribution in [1.29, 1.82) is 5.26 Å². The van der Waals surface area contributed by atoms with Crippen LogP contribution >= 0.6 is 0 Å². The Morgan fingerprint density at radius 1 is 1.56 bits per heavy atom. The SMILES string of the molecule is Cc1cc(C#CC2(CC#N)CC2)cc(C(=O)O)n1. The van der Waals surface area contributed by atoms with Gasteiger partial charge < -0.3 is 5.11 Å². The van der Waals surface area contributed by atoms with E-state index in [1.165, 1.54) is 6.07 Å². The molecular weight excluding hydrogens is 228 g/mol. The number of carboxylic acids is 1. The van der Waals surface area contributed by atoms with E-state index >= 15 is 0 Å². The molecule has 90 valence electrons. The Hall–Kier alpha value is -2.33. The van der Waals surface area contributed by atoms with Gasteiger partial charge in [-0.05, 0) is 31.9 Å². The Labute approximate surface area is 105 Å². The van der Waals surface area contributed by atoms with Gasteiger partial charge in [0.2, 0.25) is 0 Å². The molecule has 0 spiro atoms. The minimum absolute atomic E-state index is 0.00410. The van der Waals surface area contributed by atoms with Gasteiger partial charge in [-0.1, -0.05) is 11.8 Å². The minimum Gasteiger partial charge on any atom is -0.477 e.